The zero-order valence-corrected chi connectivity index (χ0v) is 13.9. The Morgan fingerprint density at radius 1 is 0.826 bits per heavy atom. The van der Waals surface area contributed by atoms with E-state index in [0.717, 1.165) is 44.4 Å². The van der Waals surface area contributed by atoms with Crippen molar-refractivity contribution in [1.29, 1.82) is 0 Å². The van der Waals surface area contributed by atoms with E-state index in [1.807, 2.05) is 36.4 Å². The molecular formula is C20H14BrNO. The molecule has 1 N–H and O–H groups in total. The van der Waals surface area contributed by atoms with Crippen LogP contribution >= 0.6 is 15.9 Å². The van der Waals surface area contributed by atoms with Crippen LogP contribution in [0.2, 0.25) is 0 Å². The van der Waals surface area contributed by atoms with Crippen LogP contribution in [0.4, 0.5) is 11.4 Å². The Morgan fingerprint density at radius 3 is 2.30 bits per heavy atom. The minimum atomic E-state index is -0.224. The Hall–Kier alpha value is -2.39. The highest BCUT2D eigenvalue weighted by Gasteiger charge is 2.25. The number of aldehydes is 1. The normalized spacial score (nSPS) is 15.3. The van der Waals surface area contributed by atoms with E-state index in [9.17, 15) is 4.79 Å². The lowest BCUT2D eigenvalue weighted by Gasteiger charge is -2.26. The lowest BCUT2D eigenvalue weighted by molar-refractivity contribution is -0.108. The second-order valence-corrected chi connectivity index (χ2v) is 6.55. The molecule has 3 aromatic rings. The Balaban J connectivity index is 1.83. The van der Waals surface area contributed by atoms with Crippen LogP contribution in [0, 0.1) is 0 Å². The molecule has 0 saturated heterocycles. The number of carbonyl (C=O) groups is 1. The molecule has 0 aliphatic carbocycles. The molecule has 0 spiro atoms. The Kier molecular flexibility index (Phi) is 3.50. The Labute approximate surface area is 143 Å². The first-order chi connectivity index (χ1) is 11.3. The molecule has 0 saturated carbocycles. The largest absolute Gasteiger partial charge is 0.355 e. The van der Waals surface area contributed by atoms with Crippen molar-refractivity contribution in [3.63, 3.8) is 0 Å². The third-order valence-corrected chi connectivity index (χ3v) is 4.79. The number of para-hydroxylation sites is 1. The van der Waals surface area contributed by atoms with Crippen molar-refractivity contribution in [1.82, 2.24) is 0 Å². The molecule has 2 nitrogen and oxygen atoms in total. The van der Waals surface area contributed by atoms with Crippen molar-refractivity contribution in [2.75, 3.05) is 5.32 Å². The molecule has 1 aliphatic rings. The summed E-state index contributed by atoms with van der Waals surface area (Å²) in [5.41, 5.74) is 6.32. The average Bonchev–Trinajstić information content (AvgIpc) is 2.60. The number of halogens is 1. The van der Waals surface area contributed by atoms with Crippen molar-refractivity contribution in [3.8, 4) is 11.1 Å². The summed E-state index contributed by atoms with van der Waals surface area (Å²) in [6.07, 6.45) is 1.03. The highest BCUT2D eigenvalue weighted by atomic mass is 79.9. The molecule has 0 aromatic heterocycles. The maximum Gasteiger partial charge on any atom is 0.132 e. The van der Waals surface area contributed by atoms with Gasteiger partial charge < -0.3 is 10.1 Å². The summed E-state index contributed by atoms with van der Waals surface area (Å²) in [6.45, 7) is 0. The second-order valence-electron chi connectivity index (χ2n) is 5.63. The quantitative estimate of drug-likeness (QED) is 0.608. The fourth-order valence-electron chi connectivity index (χ4n) is 3.10. The van der Waals surface area contributed by atoms with Gasteiger partial charge in [-0.1, -0.05) is 52.3 Å². The van der Waals surface area contributed by atoms with E-state index in [1.165, 1.54) is 0 Å². The highest BCUT2D eigenvalue weighted by molar-refractivity contribution is 9.10. The predicted octanol–water partition coefficient (Wildman–Crippen LogP) is 5.50. The van der Waals surface area contributed by atoms with Gasteiger partial charge >= 0.3 is 0 Å². The molecule has 1 atom stereocenters. The van der Waals surface area contributed by atoms with Crippen LogP contribution in [-0.4, -0.2) is 6.29 Å². The number of rotatable bonds is 2. The van der Waals surface area contributed by atoms with Crippen molar-refractivity contribution in [3.05, 3.63) is 82.3 Å². The fourth-order valence-corrected chi connectivity index (χ4v) is 3.36. The molecule has 0 amide bonds. The molecule has 0 fully saturated rings. The van der Waals surface area contributed by atoms with Gasteiger partial charge in [-0.05, 0) is 52.6 Å². The van der Waals surface area contributed by atoms with Crippen molar-refractivity contribution >= 4 is 33.6 Å². The number of anilines is 2. The smallest absolute Gasteiger partial charge is 0.132 e. The second kappa shape index (κ2) is 5.67. The van der Waals surface area contributed by atoms with Gasteiger partial charge in [-0.15, -0.1) is 0 Å². The summed E-state index contributed by atoms with van der Waals surface area (Å²) in [7, 11) is 0. The number of hydrogen-bond donors (Lipinski definition) is 1. The van der Waals surface area contributed by atoms with Crippen LogP contribution < -0.4 is 5.32 Å². The van der Waals surface area contributed by atoms with Gasteiger partial charge in [-0.3, -0.25) is 0 Å². The molecule has 4 rings (SSSR count). The van der Waals surface area contributed by atoms with Gasteiger partial charge in [-0.25, -0.2) is 0 Å². The summed E-state index contributed by atoms with van der Waals surface area (Å²) >= 11 is 3.46. The Bertz CT molecular complexity index is 886. The molecule has 0 bridgehead atoms. The summed E-state index contributed by atoms with van der Waals surface area (Å²) in [5.74, 6) is -0.224. The van der Waals surface area contributed by atoms with Gasteiger partial charge in [0.25, 0.3) is 0 Å². The summed E-state index contributed by atoms with van der Waals surface area (Å²) in [6, 6.07) is 22.4. The molecule has 0 radical (unpaired) electrons. The highest BCUT2D eigenvalue weighted by Crippen LogP contribution is 2.41. The fraction of sp³-hybridized carbons (Fsp3) is 0.0500. The van der Waals surface area contributed by atoms with Gasteiger partial charge in [-0.2, -0.15) is 0 Å². The van der Waals surface area contributed by atoms with Crippen LogP contribution in [0.15, 0.2) is 71.2 Å². The van der Waals surface area contributed by atoms with Gasteiger partial charge in [0.15, 0.2) is 0 Å². The number of benzene rings is 3. The maximum absolute atomic E-state index is 11.7. The van der Waals surface area contributed by atoms with Gasteiger partial charge in [0.05, 0.1) is 5.92 Å². The van der Waals surface area contributed by atoms with Gasteiger partial charge in [0, 0.05) is 15.8 Å². The van der Waals surface area contributed by atoms with Crippen LogP contribution in [-0.2, 0) is 4.79 Å². The van der Waals surface area contributed by atoms with E-state index in [-0.39, 0.29) is 5.92 Å². The number of carbonyl (C=O) groups excluding carboxylic acids is 1. The molecule has 3 heteroatoms. The number of hydrogen-bond acceptors (Lipinski definition) is 2. The SMILES string of the molecule is O=CC1c2ccccc2Nc2ccc(-c3ccc(Br)cc3)cc21. The lowest BCUT2D eigenvalue weighted by atomic mass is 9.85. The first-order valence-electron chi connectivity index (χ1n) is 7.47. The van der Waals surface area contributed by atoms with E-state index in [2.05, 4.69) is 51.6 Å². The zero-order chi connectivity index (χ0) is 15.8. The molecule has 23 heavy (non-hydrogen) atoms. The summed E-state index contributed by atoms with van der Waals surface area (Å²) in [4.78, 5) is 11.7. The van der Waals surface area contributed by atoms with Gasteiger partial charge in [0.1, 0.15) is 6.29 Å². The molecule has 112 valence electrons. The van der Waals surface area contributed by atoms with Crippen LogP contribution in [0.1, 0.15) is 17.0 Å². The topological polar surface area (TPSA) is 29.1 Å². The van der Waals surface area contributed by atoms with Gasteiger partial charge in [0.2, 0.25) is 0 Å². The average molecular weight is 364 g/mol. The molecule has 1 heterocycles. The first kappa shape index (κ1) is 14.2. The zero-order valence-electron chi connectivity index (χ0n) is 12.3. The van der Waals surface area contributed by atoms with Crippen molar-refractivity contribution < 1.29 is 4.79 Å². The van der Waals surface area contributed by atoms with Crippen LogP contribution in [0.5, 0.6) is 0 Å². The minimum Gasteiger partial charge on any atom is -0.355 e. The minimum absolute atomic E-state index is 0.224. The standard InChI is InChI=1S/C20H14BrNO/c21-15-8-5-13(6-9-15)14-7-10-20-17(11-14)18(12-23)16-3-1-2-4-19(16)22-20/h1-12,18,22H. The van der Waals surface area contributed by atoms with E-state index < -0.39 is 0 Å². The monoisotopic (exact) mass is 363 g/mol. The molecule has 1 unspecified atom stereocenters. The maximum atomic E-state index is 11.7. The van der Waals surface area contributed by atoms with Crippen LogP contribution in [0.25, 0.3) is 11.1 Å². The third kappa shape index (κ3) is 2.47. The van der Waals surface area contributed by atoms with Crippen molar-refractivity contribution in [2.24, 2.45) is 0 Å². The molecule has 3 aromatic carbocycles. The molecule has 1 aliphatic heterocycles. The van der Waals surface area contributed by atoms with Crippen molar-refractivity contribution in [2.45, 2.75) is 5.92 Å². The van der Waals surface area contributed by atoms with E-state index in [4.69, 9.17) is 0 Å². The lowest BCUT2D eigenvalue weighted by Crippen LogP contribution is -2.13. The van der Waals surface area contributed by atoms with E-state index in [0.29, 0.717) is 0 Å². The summed E-state index contributed by atoms with van der Waals surface area (Å²) < 4.78 is 1.06. The third-order valence-electron chi connectivity index (χ3n) is 4.27. The number of nitrogens with one attached hydrogen (secondary N) is 1. The van der Waals surface area contributed by atoms with E-state index >= 15 is 0 Å². The molecular weight excluding hydrogens is 350 g/mol. The number of fused-ring (bicyclic) bond motifs is 2. The van der Waals surface area contributed by atoms with E-state index in [1.54, 1.807) is 0 Å². The Morgan fingerprint density at radius 2 is 1.52 bits per heavy atom. The van der Waals surface area contributed by atoms with Crippen LogP contribution in [0.3, 0.4) is 0 Å². The summed E-state index contributed by atoms with van der Waals surface area (Å²) in [5, 5.41) is 3.43. The predicted molar refractivity (Wildman–Crippen MR) is 97.2 cm³/mol. The first-order valence-corrected chi connectivity index (χ1v) is 8.27.